The summed E-state index contributed by atoms with van der Waals surface area (Å²) in [5.74, 6) is 0.303. The lowest BCUT2D eigenvalue weighted by Crippen LogP contribution is -2.15. The quantitative estimate of drug-likeness (QED) is 0.755. The second kappa shape index (κ2) is 7.32. The van der Waals surface area contributed by atoms with Gasteiger partial charge in [-0.3, -0.25) is 9.78 Å². The molecule has 0 unspecified atom stereocenters. The van der Waals surface area contributed by atoms with Gasteiger partial charge in [0.15, 0.2) is 5.69 Å². The van der Waals surface area contributed by atoms with Crippen molar-refractivity contribution in [2.24, 2.45) is 0 Å². The summed E-state index contributed by atoms with van der Waals surface area (Å²) in [5, 5.41) is 13.9. The van der Waals surface area contributed by atoms with E-state index in [1.807, 2.05) is 49.4 Å². The fraction of sp³-hybridized carbons (Fsp3) is 0.111. The van der Waals surface area contributed by atoms with Crippen LogP contribution in [0.5, 0.6) is 0 Å². The van der Waals surface area contributed by atoms with E-state index in [1.54, 1.807) is 18.3 Å². The number of carbonyl (C=O) groups is 1. The van der Waals surface area contributed by atoms with Crippen molar-refractivity contribution in [1.29, 1.82) is 0 Å². The predicted molar refractivity (Wildman–Crippen MR) is 92.7 cm³/mol. The molecule has 120 valence electrons. The third-order valence-corrected chi connectivity index (χ3v) is 3.35. The minimum atomic E-state index is -0.288. The van der Waals surface area contributed by atoms with Crippen LogP contribution in [0.25, 0.3) is 0 Å². The third kappa shape index (κ3) is 4.13. The average molecular weight is 319 g/mol. The molecule has 0 spiro atoms. The minimum absolute atomic E-state index is 0.264. The van der Waals surface area contributed by atoms with E-state index >= 15 is 0 Å². The van der Waals surface area contributed by atoms with Gasteiger partial charge in [0, 0.05) is 11.9 Å². The summed E-state index contributed by atoms with van der Waals surface area (Å²) in [6.45, 7) is 2.52. The van der Waals surface area contributed by atoms with Gasteiger partial charge in [0.25, 0.3) is 5.91 Å². The molecule has 0 atom stereocenters. The van der Waals surface area contributed by atoms with Crippen LogP contribution >= 0.6 is 0 Å². The Labute approximate surface area is 140 Å². The molecule has 0 aliphatic heterocycles. The maximum absolute atomic E-state index is 12.2. The zero-order chi connectivity index (χ0) is 16.8. The van der Waals surface area contributed by atoms with E-state index in [9.17, 15) is 4.79 Å². The van der Waals surface area contributed by atoms with Gasteiger partial charge in [-0.25, -0.2) is 0 Å². The number of pyridine rings is 1. The van der Waals surface area contributed by atoms with Crippen LogP contribution < -0.4 is 10.6 Å². The number of hydrogen-bond acceptors (Lipinski definition) is 5. The molecule has 1 amide bonds. The number of aromatic nitrogens is 3. The molecule has 2 aromatic heterocycles. The lowest BCUT2D eigenvalue weighted by atomic mass is 10.2. The first-order chi connectivity index (χ1) is 11.7. The topological polar surface area (TPSA) is 79.8 Å². The number of hydrogen-bond donors (Lipinski definition) is 2. The molecule has 0 radical (unpaired) electrons. The lowest BCUT2D eigenvalue weighted by Gasteiger charge is -2.07. The normalized spacial score (nSPS) is 10.2. The number of amides is 1. The van der Waals surface area contributed by atoms with Gasteiger partial charge >= 0.3 is 0 Å². The molecular formula is C18H17N5O. The van der Waals surface area contributed by atoms with Crippen LogP contribution in [0.15, 0.2) is 60.8 Å². The first-order valence-electron chi connectivity index (χ1n) is 7.56. The number of rotatable bonds is 5. The smallest absolute Gasteiger partial charge is 0.276 e. The molecule has 24 heavy (non-hydrogen) atoms. The monoisotopic (exact) mass is 319 g/mol. The van der Waals surface area contributed by atoms with Crippen molar-refractivity contribution in [2.75, 3.05) is 10.6 Å². The Balaban J connectivity index is 1.60. The first-order valence-corrected chi connectivity index (χ1v) is 7.56. The van der Waals surface area contributed by atoms with E-state index in [0.29, 0.717) is 12.4 Å². The SMILES string of the molecule is Cc1cccc(NC(=O)c2ccc(NCc3ccccn3)nn2)c1. The molecule has 6 heteroatoms. The molecule has 3 rings (SSSR count). The zero-order valence-electron chi connectivity index (χ0n) is 13.2. The van der Waals surface area contributed by atoms with Gasteiger partial charge in [-0.15, -0.1) is 10.2 Å². The number of benzene rings is 1. The van der Waals surface area contributed by atoms with Crippen LogP contribution in [0.4, 0.5) is 11.5 Å². The summed E-state index contributed by atoms with van der Waals surface area (Å²) in [6.07, 6.45) is 1.74. The highest BCUT2D eigenvalue weighted by molar-refractivity contribution is 6.02. The van der Waals surface area contributed by atoms with E-state index < -0.39 is 0 Å². The van der Waals surface area contributed by atoms with Gasteiger partial charge in [0.1, 0.15) is 5.82 Å². The average Bonchev–Trinajstić information content (AvgIpc) is 2.61. The molecule has 3 aromatic rings. The van der Waals surface area contributed by atoms with Crippen LogP contribution in [0.3, 0.4) is 0 Å². The highest BCUT2D eigenvalue weighted by Gasteiger charge is 2.08. The summed E-state index contributed by atoms with van der Waals surface area (Å²) in [6, 6.07) is 16.7. The van der Waals surface area contributed by atoms with Crippen molar-refractivity contribution in [3.05, 3.63) is 77.7 Å². The van der Waals surface area contributed by atoms with Crippen molar-refractivity contribution in [1.82, 2.24) is 15.2 Å². The Morgan fingerprint density at radius 3 is 2.67 bits per heavy atom. The van der Waals surface area contributed by atoms with E-state index in [4.69, 9.17) is 0 Å². The molecule has 1 aromatic carbocycles. The molecular weight excluding hydrogens is 302 g/mol. The molecule has 0 bridgehead atoms. The predicted octanol–water partition coefficient (Wildman–Crippen LogP) is 3.04. The highest BCUT2D eigenvalue weighted by Crippen LogP contribution is 2.11. The molecule has 2 N–H and O–H groups in total. The number of carbonyl (C=O) groups excluding carboxylic acids is 1. The fourth-order valence-corrected chi connectivity index (χ4v) is 2.15. The Morgan fingerprint density at radius 2 is 1.96 bits per heavy atom. The third-order valence-electron chi connectivity index (χ3n) is 3.35. The van der Waals surface area contributed by atoms with Crippen molar-refractivity contribution in [2.45, 2.75) is 13.5 Å². The molecule has 0 aliphatic carbocycles. The summed E-state index contributed by atoms with van der Waals surface area (Å²) < 4.78 is 0. The number of aryl methyl sites for hydroxylation is 1. The van der Waals surface area contributed by atoms with Crippen LogP contribution in [0.2, 0.25) is 0 Å². The molecule has 0 fully saturated rings. The van der Waals surface area contributed by atoms with E-state index in [1.165, 1.54) is 0 Å². The van der Waals surface area contributed by atoms with Crippen molar-refractivity contribution < 1.29 is 4.79 Å². The molecule has 6 nitrogen and oxygen atoms in total. The van der Waals surface area contributed by atoms with Gasteiger partial charge in [-0.2, -0.15) is 0 Å². The maximum Gasteiger partial charge on any atom is 0.276 e. The standard InChI is InChI=1S/C18H17N5O/c1-13-5-4-7-14(11-13)21-18(24)16-8-9-17(23-22-16)20-12-15-6-2-3-10-19-15/h2-11H,12H2,1H3,(H,20,23)(H,21,24). The summed E-state index contributed by atoms with van der Waals surface area (Å²) in [4.78, 5) is 16.4. The Hall–Kier alpha value is -3.28. The number of nitrogens with zero attached hydrogens (tertiary/aromatic N) is 3. The number of nitrogens with one attached hydrogen (secondary N) is 2. The molecule has 0 aliphatic rings. The molecule has 0 saturated carbocycles. The Morgan fingerprint density at radius 1 is 1.04 bits per heavy atom. The second-order valence-electron chi connectivity index (χ2n) is 5.30. The zero-order valence-corrected chi connectivity index (χ0v) is 13.2. The van der Waals surface area contributed by atoms with Crippen LogP contribution in [-0.2, 0) is 6.54 Å². The maximum atomic E-state index is 12.2. The molecule has 0 saturated heterocycles. The van der Waals surface area contributed by atoms with Gasteiger partial charge in [0.05, 0.1) is 12.2 Å². The van der Waals surface area contributed by atoms with Gasteiger partial charge in [-0.05, 0) is 48.9 Å². The lowest BCUT2D eigenvalue weighted by molar-refractivity contribution is 0.102. The number of anilines is 2. The largest absolute Gasteiger partial charge is 0.363 e. The van der Waals surface area contributed by atoms with E-state index in [2.05, 4.69) is 25.8 Å². The highest BCUT2D eigenvalue weighted by atomic mass is 16.1. The first kappa shape index (κ1) is 15.6. The van der Waals surface area contributed by atoms with E-state index in [0.717, 1.165) is 16.9 Å². The second-order valence-corrected chi connectivity index (χ2v) is 5.30. The van der Waals surface area contributed by atoms with Crippen molar-refractivity contribution >= 4 is 17.4 Å². The Kier molecular flexibility index (Phi) is 4.76. The Bertz CT molecular complexity index is 818. The minimum Gasteiger partial charge on any atom is -0.363 e. The summed E-state index contributed by atoms with van der Waals surface area (Å²) >= 11 is 0. The van der Waals surface area contributed by atoms with E-state index in [-0.39, 0.29) is 11.6 Å². The van der Waals surface area contributed by atoms with Gasteiger partial charge in [0.2, 0.25) is 0 Å². The van der Waals surface area contributed by atoms with Crippen LogP contribution in [0, 0.1) is 6.92 Å². The van der Waals surface area contributed by atoms with Crippen LogP contribution in [0.1, 0.15) is 21.7 Å². The van der Waals surface area contributed by atoms with Crippen molar-refractivity contribution in [3.63, 3.8) is 0 Å². The van der Waals surface area contributed by atoms with Gasteiger partial charge in [-0.1, -0.05) is 18.2 Å². The fourth-order valence-electron chi connectivity index (χ4n) is 2.15. The van der Waals surface area contributed by atoms with Gasteiger partial charge < -0.3 is 10.6 Å². The summed E-state index contributed by atoms with van der Waals surface area (Å²) in [7, 11) is 0. The van der Waals surface area contributed by atoms with Crippen molar-refractivity contribution in [3.8, 4) is 0 Å². The molecule has 2 heterocycles. The summed E-state index contributed by atoms with van der Waals surface area (Å²) in [5.41, 5.74) is 2.98. The van der Waals surface area contributed by atoms with Crippen LogP contribution in [-0.4, -0.2) is 21.1 Å².